The number of rotatable bonds is 4. The standard InChI is InChI=1S/C20H19BrN2O4S/c1-13-12-14(21)8-9-17(13)28(25,26)22-18-19(23-10-4-5-11-23)15-6-2-3-7-16(15)27-20(18)24/h2-3,6-9,12,22H,4-5,10-11H2,1H3. The number of fused-ring (bicyclic) bond motifs is 1. The molecule has 0 aliphatic carbocycles. The minimum atomic E-state index is -3.96. The molecule has 1 aliphatic heterocycles. The van der Waals surface area contributed by atoms with E-state index < -0.39 is 15.6 Å². The zero-order chi connectivity index (χ0) is 19.9. The van der Waals surface area contributed by atoms with Crippen LogP contribution in [0.5, 0.6) is 0 Å². The molecular weight excluding hydrogens is 444 g/mol. The van der Waals surface area contributed by atoms with E-state index in [2.05, 4.69) is 20.7 Å². The van der Waals surface area contributed by atoms with Gasteiger partial charge in [-0.1, -0.05) is 28.1 Å². The largest absolute Gasteiger partial charge is 0.421 e. The second-order valence-electron chi connectivity index (χ2n) is 6.82. The van der Waals surface area contributed by atoms with Gasteiger partial charge in [-0.25, -0.2) is 13.2 Å². The van der Waals surface area contributed by atoms with Gasteiger partial charge in [0.05, 0.1) is 10.6 Å². The predicted molar refractivity (Wildman–Crippen MR) is 114 cm³/mol. The van der Waals surface area contributed by atoms with Gasteiger partial charge >= 0.3 is 5.63 Å². The average Bonchev–Trinajstić information content (AvgIpc) is 3.16. The summed E-state index contributed by atoms with van der Waals surface area (Å²) in [6.07, 6.45) is 1.99. The molecule has 0 saturated carbocycles. The Hall–Kier alpha value is -2.32. The first kappa shape index (κ1) is 19.0. The van der Waals surface area contributed by atoms with E-state index in [1.165, 1.54) is 6.07 Å². The van der Waals surface area contributed by atoms with Gasteiger partial charge in [-0.15, -0.1) is 0 Å². The summed E-state index contributed by atoms with van der Waals surface area (Å²) < 4.78 is 34.8. The molecule has 0 bridgehead atoms. The van der Waals surface area contributed by atoms with E-state index in [4.69, 9.17) is 4.42 Å². The van der Waals surface area contributed by atoms with Crippen molar-refractivity contribution in [3.8, 4) is 0 Å². The summed E-state index contributed by atoms with van der Waals surface area (Å²) in [5, 5.41) is 0.717. The molecule has 0 unspecified atom stereocenters. The number of para-hydroxylation sites is 1. The van der Waals surface area contributed by atoms with E-state index in [1.807, 2.05) is 17.0 Å². The predicted octanol–water partition coefficient (Wildman–Crippen LogP) is 4.26. The Labute approximate surface area is 171 Å². The molecule has 2 aromatic carbocycles. The Balaban J connectivity index is 1.89. The minimum absolute atomic E-state index is 0.0390. The maximum atomic E-state index is 13.1. The Kier molecular flexibility index (Phi) is 4.93. The lowest BCUT2D eigenvalue weighted by Gasteiger charge is -2.23. The van der Waals surface area contributed by atoms with E-state index >= 15 is 0 Å². The SMILES string of the molecule is Cc1cc(Br)ccc1S(=O)(=O)Nc1c(N2CCCC2)c2ccccc2oc1=O. The van der Waals surface area contributed by atoms with Gasteiger partial charge in [-0.05, 0) is 55.7 Å². The molecule has 1 saturated heterocycles. The number of sulfonamides is 1. The lowest BCUT2D eigenvalue weighted by molar-refractivity contribution is 0.562. The van der Waals surface area contributed by atoms with E-state index in [0.29, 0.717) is 22.2 Å². The molecule has 6 nitrogen and oxygen atoms in total. The summed E-state index contributed by atoms with van der Waals surface area (Å²) in [6, 6.07) is 12.1. The highest BCUT2D eigenvalue weighted by Gasteiger charge is 2.27. The van der Waals surface area contributed by atoms with E-state index in [1.54, 1.807) is 31.2 Å². The summed E-state index contributed by atoms with van der Waals surface area (Å²) in [7, 11) is -3.96. The van der Waals surface area contributed by atoms with Crippen molar-refractivity contribution < 1.29 is 12.8 Å². The van der Waals surface area contributed by atoms with Gasteiger partial charge in [0.1, 0.15) is 5.58 Å². The Morgan fingerprint density at radius 1 is 1.11 bits per heavy atom. The molecular formula is C20H19BrN2O4S. The van der Waals surface area contributed by atoms with Gasteiger partial charge in [-0.2, -0.15) is 0 Å². The van der Waals surface area contributed by atoms with Crippen molar-refractivity contribution in [1.82, 2.24) is 0 Å². The molecule has 146 valence electrons. The maximum absolute atomic E-state index is 13.1. The monoisotopic (exact) mass is 462 g/mol. The summed E-state index contributed by atoms with van der Waals surface area (Å²) in [5.41, 5.74) is 0.872. The molecule has 0 radical (unpaired) electrons. The zero-order valence-corrected chi connectivity index (χ0v) is 17.6. The van der Waals surface area contributed by atoms with Gasteiger partial charge in [-0.3, -0.25) is 4.72 Å². The molecule has 1 N–H and O–H groups in total. The van der Waals surface area contributed by atoms with Crippen LogP contribution >= 0.6 is 15.9 Å². The van der Waals surface area contributed by atoms with E-state index in [9.17, 15) is 13.2 Å². The van der Waals surface area contributed by atoms with Gasteiger partial charge < -0.3 is 9.32 Å². The van der Waals surface area contributed by atoms with Gasteiger partial charge in [0.15, 0.2) is 5.69 Å². The van der Waals surface area contributed by atoms with Crippen molar-refractivity contribution in [3.05, 3.63) is 62.9 Å². The Morgan fingerprint density at radius 2 is 1.82 bits per heavy atom. The van der Waals surface area contributed by atoms with Crippen LogP contribution in [0.1, 0.15) is 18.4 Å². The maximum Gasteiger partial charge on any atom is 0.363 e. The third kappa shape index (κ3) is 3.42. The molecule has 1 fully saturated rings. The lowest BCUT2D eigenvalue weighted by atomic mass is 10.1. The third-order valence-corrected chi connectivity index (χ3v) is 6.87. The number of aryl methyl sites for hydroxylation is 1. The van der Waals surface area contributed by atoms with Crippen LogP contribution < -0.4 is 15.2 Å². The number of halogens is 1. The molecule has 3 aromatic rings. The second kappa shape index (κ2) is 7.25. The smallest absolute Gasteiger partial charge is 0.363 e. The molecule has 0 atom stereocenters. The molecule has 1 aliphatic rings. The fraction of sp³-hybridized carbons (Fsp3) is 0.250. The molecule has 1 aromatic heterocycles. The van der Waals surface area contributed by atoms with Gasteiger partial charge in [0, 0.05) is 22.9 Å². The highest BCUT2D eigenvalue weighted by atomic mass is 79.9. The summed E-state index contributed by atoms with van der Waals surface area (Å²) >= 11 is 3.34. The van der Waals surface area contributed by atoms with Crippen LogP contribution in [0.25, 0.3) is 11.0 Å². The van der Waals surface area contributed by atoms with Crippen LogP contribution in [-0.2, 0) is 10.0 Å². The number of hydrogen-bond donors (Lipinski definition) is 1. The van der Waals surface area contributed by atoms with Crippen molar-refractivity contribution >= 4 is 48.3 Å². The number of anilines is 2. The normalized spacial score (nSPS) is 14.6. The number of benzene rings is 2. The van der Waals surface area contributed by atoms with Crippen LogP contribution in [0.2, 0.25) is 0 Å². The van der Waals surface area contributed by atoms with E-state index in [-0.39, 0.29) is 10.6 Å². The highest BCUT2D eigenvalue weighted by molar-refractivity contribution is 9.10. The first-order chi connectivity index (χ1) is 13.4. The summed E-state index contributed by atoms with van der Waals surface area (Å²) in [5.74, 6) is 0. The molecule has 4 rings (SSSR count). The minimum Gasteiger partial charge on any atom is -0.421 e. The fourth-order valence-electron chi connectivity index (χ4n) is 3.60. The first-order valence-electron chi connectivity index (χ1n) is 8.96. The topological polar surface area (TPSA) is 79.6 Å². The van der Waals surface area contributed by atoms with Crippen LogP contribution in [0.4, 0.5) is 11.4 Å². The quantitative estimate of drug-likeness (QED) is 0.585. The van der Waals surface area contributed by atoms with Crippen molar-refractivity contribution in [3.63, 3.8) is 0 Å². The second-order valence-corrected chi connectivity index (χ2v) is 9.39. The van der Waals surface area contributed by atoms with Gasteiger partial charge in [0.2, 0.25) is 0 Å². The Morgan fingerprint density at radius 3 is 2.54 bits per heavy atom. The summed E-state index contributed by atoms with van der Waals surface area (Å²) in [6.45, 7) is 3.24. The van der Waals surface area contributed by atoms with Crippen LogP contribution in [0.15, 0.2) is 61.0 Å². The van der Waals surface area contributed by atoms with Gasteiger partial charge in [0.25, 0.3) is 10.0 Å². The number of hydrogen-bond acceptors (Lipinski definition) is 5. The third-order valence-electron chi connectivity index (χ3n) is 4.87. The Bertz CT molecular complexity index is 1210. The molecule has 0 spiro atoms. The van der Waals surface area contributed by atoms with Crippen molar-refractivity contribution in [1.29, 1.82) is 0 Å². The van der Waals surface area contributed by atoms with Crippen molar-refractivity contribution in [2.75, 3.05) is 22.7 Å². The molecule has 2 heterocycles. The first-order valence-corrected chi connectivity index (χ1v) is 11.2. The van der Waals surface area contributed by atoms with Crippen molar-refractivity contribution in [2.24, 2.45) is 0 Å². The fourth-order valence-corrected chi connectivity index (χ4v) is 5.36. The lowest BCUT2D eigenvalue weighted by Crippen LogP contribution is -2.26. The van der Waals surface area contributed by atoms with Crippen LogP contribution in [0.3, 0.4) is 0 Å². The number of nitrogens with zero attached hydrogens (tertiary/aromatic N) is 1. The zero-order valence-electron chi connectivity index (χ0n) is 15.2. The van der Waals surface area contributed by atoms with Crippen LogP contribution in [0, 0.1) is 6.92 Å². The van der Waals surface area contributed by atoms with Crippen LogP contribution in [-0.4, -0.2) is 21.5 Å². The molecule has 8 heteroatoms. The van der Waals surface area contributed by atoms with E-state index in [0.717, 1.165) is 30.4 Å². The number of nitrogens with one attached hydrogen (secondary N) is 1. The summed E-state index contributed by atoms with van der Waals surface area (Å²) in [4.78, 5) is 14.9. The molecule has 28 heavy (non-hydrogen) atoms. The molecule has 0 amide bonds. The highest BCUT2D eigenvalue weighted by Crippen LogP contribution is 2.35. The van der Waals surface area contributed by atoms with Crippen molar-refractivity contribution in [2.45, 2.75) is 24.7 Å². The average molecular weight is 463 g/mol.